The lowest BCUT2D eigenvalue weighted by Crippen LogP contribution is -2.56. The van der Waals surface area contributed by atoms with E-state index in [1.807, 2.05) is 13.8 Å². The van der Waals surface area contributed by atoms with Crippen molar-refractivity contribution in [3.63, 3.8) is 0 Å². The number of hydrogen-bond donors (Lipinski definition) is 5. The first-order chi connectivity index (χ1) is 12.4. The van der Waals surface area contributed by atoms with Gasteiger partial charge >= 0.3 is 5.97 Å². The Hall–Kier alpha value is -2.42. The van der Waals surface area contributed by atoms with E-state index in [1.54, 1.807) is 0 Å². The minimum atomic E-state index is -1.14. The molecule has 9 nitrogen and oxygen atoms in total. The first kappa shape index (κ1) is 19.9. The molecule has 4 unspecified atom stereocenters. The zero-order chi connectivity index (χ0) is 19.1. The number of carbonyl (C=O) groups is 3. The Morgan fingerprint density at radius 1 is 1.38 bits per heavy atom. The van der Waals surface area contributed by atoms with Gasteiger partial charge in [-0.1, -0.05) is 20.3 Å². The number of aromatic amines is 1. The van der Waals surface area contributed by atoms with Gasteiger partial charge < -0.3 is 26.0 Å². The van der Waals surface area contributed by atoms with Gasteiger partial charge in [-0.25, -0.2) is 9.78 Å². The van der Waals surface area contributed by atoms with Crippen LogP contribution in [-0.4, -0.2) is 57.5 Å². The third-order valence-electron chi connectivity index (χ3n) is 4.76. The van der Waals surface area contributed by atoms with Crippen molar-refractivity contribution in [3.8, 4) is 0 Å². The van der Waals surface area contributed by atoms with Crippen molar-refractivity contribution in [2.75, 3.05) is 6.54 Å². The minimum absolute atomic E-state index is 0.0897. The summed E-state index contributed by atoms with van der Waals surface area (Å²) >= 11 is 0. The Morgan fingerprint density at radius 2 is 2.15 bits per heavy atom. The molecule has 1 aliphatic heterocycles. The third kappa shape index (κ3) is 5.29. The Labute approximate surface area is 152 Å². The lowest BCUT2D eigenvalue weighted by Gasteiger charge is -2.26. The molecule has 9 heteroatoms. The zero-order valence-corrected chi connectivity index (χ0v) is 15.1. The van der Waals surface area contributed by atoms with Crippen molar-refractivity contribution in [2.45, 2.75) is 57.7 Å². The van der Waals surface area contributed by atoms with Crippen molar-refractivity contribution in [2.24, 2.45) is 5.92 Å². The fourth-order valence-electron chi connectivity index (χ4n) is 2.94. The highest BCUT2D eigenvalue weighted by molar-refractivity contribution is 5.92. The molecule has 0 radical (unpaired) electrons. The smallest absolute Gasteiger partial charge is 0.326 e. The van der Waals surface area contributed by atoms with E-state index in [2.05, 4.69) is 25.9 Å². The molecule has 1 fully saturated rings. The topological polar surface area (TPSA) is 136 Å². The Balaban J connectivity index is 2.03. The Bertz CT molecular complexity index is 613. The molecule has 4 atom stereocenters. The lowest BCUT2D eigenvalue weighted by atomic mass is 9.97. The van der Waals surface area contributed by atoms with Gasteiger partial charge in [-0.05, 0) is 25.3 Å². The molecule has 144 valence electrons. The van der Waals surface area contributed by atoms with E-state index in [-0.39, 0.29) is 24.3 Å². The van der Waals surface area contributed by atoms with Gasteiger partial charge in [-0.2, -0.15) is 0 Å². The van der Waals surface area contributed by atoms with Crippen molar-refractivity contribution in [3.05, 3.63) is 18.2 Å². The van der Waals surface area contributed by atoms with Gasteiger partial charge in [0.15, 0.2) is 0 Å². The maximum Gasteiger partial charge on any atom is 0.326 e. The third-order valence-corrected chi connectivity index (χ3v) is 4.76. The molecular weight excluding hydrogens is 338 g/mol. The van der Waals surface area contributed by atoms with Crippen LogP contribution in [0.5, 0.6) is 0 Å². The summed E-state index contributed by atoms with van der Waals surface area (Å²) < 4.78 is 0. The number of amides is 2. The number of hydrogen-bond acceptors (Lipinski definition) is 5. The summed E-state index contributed by atoms with van der Waals surface area (Å²) in [5.74, 6) is -1.97. The van der Waals surface area contributed by atoms with Crippen molar-refractivity contribution >= 4 is 17.8 Å². The summed E-state index contributed by atoms with van der Waals surface area (Å²) in [4.78, 5) is 43.3. The van der Waals surface area contributed by atoms with Gasteiger partial charge in [0.05, 0.1) is 12.4 Å². The SMILES string of the molecule is CCC(C)C(NC(=O)C1CCCN1)C(=O)NC(Cc1cnc[nH]1)C(=O)O. The second kappa shape index (κ2) is 9.33. The number of imidazole rings is 1. The van der Waals surface area contributed by atoms with E-state index in [1.165, 1.54) is 12.5 Å². The number of rotatable bonds is 9. The number of carboxylic acid groups (broad SMARTS) is 1. The van der Waals surface area contributed by atoms with E-state index in [4.69, 9.17) is 0 Å². The van der Waals surface area contributed by atoms with Crippen LogP contribution in [0.1, 0.15) is 38.8 Å². The summed E-state index contributed by atoms with van der Waals surface area (Å²) in [6, 6.07) is -2.18. The van der Waals surface area contributed by atoms with Gasteiger partial charge in [0.2, 0.25) is 11.8 Å². The van der Waals surface area contributed by atoms with Crippen LogP contribution >= 0.6 is 0 Å². The number of nitrogens with zero attached hydrogens (tertiary/aromatic N) is 1. The lowest BCUT2D eigenvalue weighted by molar-refractivity contribution is -0.142. The quantitative estimate of drug-likeness (QED) is 0.411. The second-order valence-corrected chi connectivity index (χ2v) is 6.70. The fourth-order valence-corrected chi connectivity index (χ4v) is 2.94. The van der Waals surface area contributed by atoms with E-state index in [9.17, 15) is 19.5 Å². The highest BCUT2D eigenvalue weighted by atomic mass is 16.4. The molecule has 5 N–H and O–H groups in total. The summed E-state index contributed by atoms with van der Waals surface area (Å²) in [5, 5.41) is 17.8. The normalized spacial score (nSPS) is 20.2. The average molecular weight is 365 g/mol. The minimum Gasteiger partial charge on any atom is -0.480 e. The summed E-state index contributed by atoms with van der Waals surface area (Å²) in [7, 11) is 0. The maximum atomic E-state index is 12.7. The molecule has 0 aliphatic carbocycles. The van der Waals surface area contributed by atoms with Crippen LogP contribution in [0.3, 0.4) is 0 Å². The molecular formula is C17H27N5O4. The van der Waals surface area contributed by atoms with Crippen LogP contribution in [-0.2, 0) is 20.8 Å². The highest BCUT2D eigenvalue weighted by Gasteiger charge is 2.32. The maximum absolute atomic E-state index is 12.7. The second-order valence-electron chi connectivity index (χ2n) is 6.70. The predicted octanol–water partition coefficient (Wildman–Crippen LogP) is -0.195. The molecule has 2 heterocycles. The largest absolute Gasteiger partial charge is 0.480 e. The van der Waals surface area contributed by atoms with Crippen molar-refractivity contribution in [1.29, 1.82) is 0 Å². The number of aliphatic carboxylic acids is 1. The first-order valence-corrected chi connectivity index (χ1v) is 8.96. The molecule has 2 rings (SSSR count). The van der Waals surface area contributed by atoms with Gasteiger partial charge in [0.1, 0.15) is 12.1 Å². The summed E-state index contributed by atoms with van der Waals surface area (Å²) in [6.45, 7) is 4.56. The number of H-pyrrole nitrogens is 1. The molecule has 1 saturated heterocycles. The van der Waals surface area contributed by atoms with E-state index < -0.39 is 24.0 Å². The molecule has 1 aromatic rings. The molecule has 26 heavy (non-hydrogen) atoms. The van der Waals surface area contributed by atoms with Crippen LogP contribution < -0.4 is 16.0 Å². The summed E-state index contributed by atoms with van der Waals surface area (Å²) in [6.07, 6.45) is 5.39. The molecule has 1 aromatic heterocycles. The number of nitrogens with one attached hydrogen (secondary N) is 4. The number of carboxylic acids is 1. The van der Waals surface area contributed by atoms with Gasteiger partial charge in [-0.3, -0.25) is 9.59 Å². The average Bonchev–Trinajstić information content (AvgIpc) is 3.31. The van der Waals surface area contributed by atoms with Gasteiger partial charge in [0, 0.05) is 18.3 Å². The van der Waals surface area contributed by atoms with Crippen molar-refractivity contribution < 1.29 is 19.5 Å². The first-order valence-electron chi connectivity index (χ1n) is 8.96. The number of carbonyl (C=O) groups excluding carboxylic acids is 2. The standard InChI is InChI=1S/C17H27N5O4/c1-3-10(2)14(22-15(23)12-5-4-6-19-12)16(24)21-13(17(25)26)7-11-8-18-9-20-11/h8-10,12-14,19H,3-7H2,1-2H3,(H,18,20)(H,21,24)(H,22,23)(H,25,26). The fraction of sp³-hybridized carbons (Fsp3) is 0.647. The summed E-state index contributed by atoms with van der Waals surface area (Å²) in [5.41, 5.74) is 0.608. The zero-order valence-electron chi connectivity index (χ0n) is 15.1. The van der Waals surface area contributed by atoms with Crippen LogP contribution in [0, 0.1) is 5.92 Å². The highest BCUT2D eigenvalue weighted by Crippen LogP contribution is 2.11. The van der Waals surface area contributed by atoms with Gasteiger partial charge in [0.25, 0.3) is 0 Å². The van der Waals surface area contributed by atoms with E-state index in [0.29, 0.717) is 12.1 Å². The van der Waals surface area contributed by atoms with E-state index in [0.717, 1.165) is 19.4 Å². The van der Waals surface area contributed by atoms with Crippen LogP contribution in [0.2, 0.25) is 0 Å². The molecule has 0 bridgehead atoms. The number of aromatic nitrogens is 2. The molecule has 0 spiro atoms. The molecule has 1 aliphatic rings. The van der Waals surface area contributed by atoms with Crippen LogP contribution in [0.25, 0.3) is 0 Å². The monoisotopic (exact) mass is 365 g/mol. The molecule has 2 amide bonds. The van der Waals surface area contributed by atoms with Gasteiger partial charge in [-0.15, -0.1) is 0 Å². The van der Waals surface area contributed by atoms with Crippen LogP contribution in [0.15, 0.2) is 12.5 Å². The predicted molar refractivity (Wildman–Crippen MR) is 94.3 cm³/mol. The van der Waals surface area contributed by atoms with Crippen molar-refractivity contribution in [1.82, 2.24) is 25.9 Å². The van der Waals surface area contributed by atoms with E-state index >= 15 is 0 Å². The molecule has 0 aromatic carbocycles. The molecule has 0 saturated carbocycles. The Kier molecular flexibility index (Phi) is 7.14. The van der Waals surface area contributed by atoms with Crippen LogP contribution in [0.4, 0.5) is 0 Å². The Morgan fingerprint density at radius 3 is 2.69 bits per heavy atom.